The van der Waals surface area contributed by atoms with Crippen LogP contribution in [-0.2, 0) is 60.9 Å². The predicted octanol–water partition coefficient (Wildman–Crippen LogP) is 9.94. The molecule has 0 aliphatic heterocycles. The zero-order chi connectivity index (χ0) is 56.6. The van der Waals surface area contributed by atoms with Crippen molar-refractivity contribution in [2.24, 2.45) is 17.6 Å². The highest BCUT2D eigenvalue weighted by Crippen LogP contribution is 2.17. The summed E-state index contributed by atoms with van der Waals surface area (Å²) >= 11 is 0. The van der Waals surface area contributed by atoms with E-state index in [2.05, 4.69) is 86.4 Å². The van der Waals surface area contributed by atoms with Gasteiger partial charge in [0.25, 0.3) is 0 Å². The second-order valence-corrected chi connectivity index (χ2v) is 30.6. The Morgan fingerprint density at radius 3 is 1.38 bits per heavy atom. The Balaban J connectivity index is 0. The number of primary amides is 1. The van der Waals surface area contributed by atoms with Crippen LogP contribution in [0.2, 0.25) is 51.4 Å². The molecule has 0 radical (unpaired) electrons. The molecule has 22 heteroatoms. The van der Waals surface area contributed by atoms with Gasteiger partial charge in [-0.3, -0.25) is 19.2 Å². The van der Waals surface area contributed by atoms with Gasteiger partial charge in [0.2, 0.25) is 5.91 Å². The minimum Gasteiger partial charge on any atom is -0.461 e. The number of unbranched alkanes of at least 4 members (excludes halogenated alkanes) is 2. The molecule has 0 heterocycles. The number of nitrogens with one attached hydrogen (secondary N) is 2. The van der Waals surface area contributed by atoms with Gasteiger partial charge in [-0.05, 0) is 68.5 Å². The Hall–Kier alpha value is -5.80. The number of hydrogen-bond acceptors (Lipinski definition) is 14. The van der Waals surface area contributed by atoms with Gasteiger partial charge in [0.05, 0.1) is 38.0 Å². The van der Waals surface area contributed by atoms with E-state index in [0.717, 1.165) is 36.1 Å². The second kappa shape index (κ2) is 40.6. The van der Waals surface area contributed by atoms with Gasteiger partial charge in [0, 0.05) is 42.1 Å². The number of benzene rings is 2. The molecule has 0 aliphatic carbocycles. The molecule has 2 aromatic rings. The highest BCUT2D eigenvalue weighted by molar-refractivity contribution is 6.76. The number of nitrogens with two attached hydrogens (primary N) is 1. The number of esters is 4. The maximum absolute atomic E-state index is 12.0. The number of alkyl halides is 3. The first-order valence-electron chi connectivity index (χ1n) is 25.1. The SMILES string of the molecule is CC(=O)OC(=O)C(F)(F)F.CCN(CC)CC.C[Si](C)(C)CCOC(=O)NCCCC[C@@H](C#N)CC(=O)OCc1ccccc1.C[Si](C)(C)CCOC(=O)NCCCC[C@H](CC(=O)OCc1ccccc1)C(N)=O. The van der Waals surface area contributed by atoms with Crippen molar-refractivity contribution in [3.8, 4) is 6.07 Å². The predicted molar refractivity (Wildman–Crippen MR) is 282 cm³/mol. The molecule has 0 unspecified atom stereocenters. The van der Waals surface area contributed by atoms with Crippen LogP contribution in [0.25, 0.3) is 0 Å². The number of amides is 3. The molecule has 2 atom stereocenters. The number of hydrogen-bond donors (Lipinski definition) is 3. The van der Waals surface area contributed by atoms with Crippen molar-refractivity contribution in [1.29, 1.82) is 5.26 Å². The van der Waals surface area contributed by atoms with Crippen LogP contribution in [0, 0.1) is 23.2 Å². The number of nitrogens with zero attached hydrogens (tertiary/aromatic N) is 2. The summed E-state index contributed by atoms with van der Waals surface area (Å²) in [4.78, 5) is 80.5. The second-order valence-electron chi connectivity index (χ2n) is 19.4. The van der Waals surface area contributed by atoms with Crippen molar-refractivity contribution >= 4 is 58.1 Å². The van der Waals surface area contributed by atoms with Crippen LogP contribution in [0.3, 0.4) is 0 Å². The molecule has 0 saturated heterocycles. The summed E-state index contributed by atoms with van der Waals surface area (Å²) < 4.78 is 57.5. The summed E-state index contributed by atoms with van der Waals surface area (Å²) in [7, 11) is -2.41. The Kier molecular flexibility index (Phi) is 38.5. The van der Waals surface area contributed by atoms with Gasteiger partial charge in [-0.25, -0.2) is 14.4 Å². The highest BCUT2D eigenvalue weighted by Gasteiger charge is 2.41. The third-order valence-electron chi connectivity index (χ3n) is 10.4. The first kappa shape index (κ1) is 70.3. The smallest absolute Gasteiger partial charge is 0.461 e. The summed E-state index contributed by atoms with van der Waals surface area (Å²) in [6.45, 7) is 26.5. The van der Waals surface area contributed by atoms with Gasteiger partial charge >= 0.3 is 42.2 Å². The van der Waals surface area contributed by atoms with Crippen molar-refractivity contribution < 1.29 is 70.4 Å². The van der Waals surface area contributed by atoms with Gasteiger partial charge in [-0.2, -0.15) is 18.4 Å². The number of alkyl carbamates (subject to hydrolysis) is 2. The summed E-state index contributed by atoms with van der Waals surface area (Å²) in [6.07, 6.45) is -1.94. The van der Waals surface area contributed by atoms with Crippen molar-refractivity contribution in [2.75, 3.05) is 45.9 Å². The zero-order valence-corrected chi connectivity index (χ0v) is 47.4. The van der Waals surface area contributed by atoms with E-state index in [4.69, 9.17) is 24.7 Å². The average Bonchev–Trinajstić information content (AvgIpc) is 3.32. The lowest BCUT2D eigenvalue weighted by molar-refractivity contribution is -0.201. The average molecular weight is 1080 g/mol. The lowest BCUT2D eigenvalue weighted by Gasteiger charge is -2.15. The van der Waals surface area contributed by atoms with E-state index >= 15 is 0 Å². The van der Waals surface area contributed by atoms with Crippen LogP contribution >= 0.6 is 0 Å². The van der Waals surface area contributed by atoms with Crippen molar-refractivity contribution in [3.63, 3.8) is 0 Å². The van der Waals surface area contributed by atoms with E-state index in [-0.39, 0.29) is 44.0 Å². The van der Waals surface area contributed by atoms with E-state index in [1.807, 2.05) is 60.7 Å². The molecule has 0 spiro atoms. The fourth-order valence-electron chi connectivity index (χ4n) is 5.83. The molecule has 418 valence electrons. The molecule has 0 aliphatic rings. The van der Waals surface area contributed by atoms with Gasteiger partial charge in [-0.1, -0.05) is 134 Å². The van der Waals surface area contributed by atoms with Crippen LogP contribution in [0.4, 0.5) is 22.8 Å². The summed E-state index contributed by atoms with van der Waals surface area (Å²) in [5, 5.41) is 14.6. The maximum Gasteiger partial charge on any atom is 0.491 e. The molecule has 2 aromatic carbocycles. The molecule has 0 fully saturated rings. The number of carbonyl (C=O) groups is 7. The molecule has 74 heavy (non-hydrogen) atoms. The Morgan fingerprint density at radius 1 is 0.649 bits per heavy atom. The Labute approximate surface area is 439 Å². The quantitative estimate of drug-likeness (QED) is 0.0236. The number of nitriles is 1. The Bertz CT molecular complexity index is 1940. The molecule has 0 bridgehead atoms. The first-order valence-corrected chi connectivity index (χ1v) is 32.5. The number of rotatable bonds is 28. The summed E-state index contributed by atoms with van der Waals surface area (Å²) in [6, 6.07) is 22.8. The Morgan fingerprint density at radius 2 is 1.05 bits per heavy atom. The monoisotopic (exact) mass is 1080 g/mol. The molecule has 4 N–H and O–H groups in total. The van der Waals surface area contributed by atoms with Crippen molar-refractivity contribution in [2.45, 2.75) is 150 Å². The minimum atomic E-state index is -5.09. The highest BCUT2D eigenvalue weighted by atomic mass is 28.3. The van der Waals surface area contributed by atoms with Crippen LogP contribution in [0.1, 0.15) is 90.2 Å². The van der Waals surface area contributed by atoms with E-state index in [0.29, 0.717) is 58.9 Å². The largest absolute Gasteiger partial charge is 0.491 e. The molecule has 3 amide bonds. The lowest BCUT2D eigenvalue weighted by Crippen LogP contribution is -2.29. The zero-order valence-electron chi connectivity index (χ0n) is 45.4. The fourth-order valence-corrected chi connectivity index (χ4v) is 7.26. The van der Waals surface area contributed by atoms with E-state index in [1.165, 1.54) is 19.6 Å². The van der Waals surface area contributed by atoms with E-state index in [9.17, 15) is 52.0 Å². The normalized spacial score (nSPS) is 11.7. The number of ether oxygens (including phenoxy) is 5. The van der Waals surface area contributed by atoms with Gasteiger partial charge in [0.15, 0.2) is 0 Å². The minimum absolute atomic E-state index is 0.0334. The van der Waals surface area contributed by atoms with Gasteiger partial charge in [0.1, 0.15) is 13.2 Å². The maximum atomic E-state index is 12.0. The number of halogens is 3. The molecule has 0 aromatic heterocycles. The standard InChI is InChI=1S/C21H34N2O5Si.C21H32N2O4Si.C6H15N.C4H3F3O3/c1-29(2,3)14-13-27-21(26)23-12-8-7-11-18(20(22)25)15-19(24)28-16-17-9-5-4-6-10-17;1-28(2,3)14-13-26-21(25)23-12-8-7-11-19(16-22)15-20(24)27-17-18-9-5-4-6-10-18;1-4-7(5-2)6-3;1-2(8)10-3(9)4(5,6)7/h4-6,9-10,18H,7-8,11-16H2,1-3H3,(H2,22,25)(H,23,26);4-6,9-10,19H,7-8,11-15,17H2,1-3H3,(H,23,25);4-6H2,1-3H3;1H3/t18-;19-;;/m11../s1. The van der Waals surface area contributed by atoms with Crippen LogP contribution in [0.5, 0.6) is 0 Å². The van der Waals surface area contributed by atoms with E-state index < -0.39 is 58.2 Å². The van der Waals surface area contributed by atoms with Crippen molar-refractivity contribution in [1.82, 2.24) is 15.5 Å². The summed E-state index contributed by atoms with van der Waals surface area (Å²) in [5.41, 5.74) is 7.22. The topological polar surface area (TPSA) is 243 Å². The van der Waals surface area contributed by atoms with Crippen LogP contribution in [-0.4, -0.2) is 115 Å². The van der Waals surface area contributed by atoms with Gasteiger partial charge in [-0.15, -0.1) is 0 Å². The third kappa shape index (κ3) is 43.8. The molecule has 0 saturated carbocycles. The number of carbonyl (C=O) groups excluding carboxylic acids is 7. The molecule has 17 nitrogen and oxygen atoms in total. The van der Waals surface area contributed by atoms with Gasteiger partial charge < -0.3 is 45.0 Å². The third-order valence-corrected chi connectivity index (χ3v) is 13.8. The summed E-state index contributed by atoms with van der Waals surface area (Å²) in [5.74, 6) is -6.02. The van der Waals surface area contributed by atoms with Crippen molar-refractivity contribution in [3.05, 3.63) is 71.8 Å². The lowest BCUT2D eigenvalue weighted by atomic mass is 9.98. The van der Waals surface area contributed by atoms with E-state index in [1.54, 1.807) is 0 Å². The fraction of sp³-hybridized carbons (Fsp3) is 0.615. The molecule has 2 rings (SSSR count). The molecular formula is C52H84F3N5O12Si2. The molecular weight excluding hydrogens is 1000 g/mol. The van der Waals surface area contributed by atoms with Crippen LogP contribution in [0.15, 0.2) is 60.7 Å². The van der Waals surface area contributed by atoms with Crippen LogP contribution < -0.4 is 16.4 Å². The first-order chi connectivity index (χ1) is 34.7.